The smallest absolute Gasteiger partial charge is 0.263 e. The number of carbonyl (C=O) groups is 2. The number of Topliss-reactive ketones (excluding diaryl/α,β-unsaturated/α-hetero) is 1. The molecule has 1 aliphatic heterocycles. The van der Waals surface area contributed by atoms with Crippen LogP contribution < -0.4 is 4.90 Å². The molecule has 5 heteroatoms. The Morgan fingerprint density at radius 3 is 2.64 bits per heavy atom. The fraction of sp³-hybridized carbons (Fsp3) is 0.294. The number of anilines is 1. The lowest BCUT2D eigenvalue weighted by Gasteiger charge is -2.21. The predicted octanol–water partition coefficient (Wildman–Crippen LogP) is 2.33. The van der Waals surface area contributed by atoms with Gasteiger partial charge in [0.1, 0.15) is 5.76 Å². The number of likely N-dealkylation sites (N-methyl/N-ethyl adjacent to an activating group) is 1. The van der Waals surface area contributed by atoms with E-state index in [1.165, 1.54) is 11.2 Å². The van der Waals surface area contributed by atoms with Gasteiger partial charge >= 0.3 is 0 Å². The minimum atomic E-state index is -1.82. The first-order valence-electron chi connectivity index (χ1n) is 7.04. The van der Waals surface area contributed by atoms with Gasteiger partial charge in [-0.3, -0.25) is 9.59 Å². The summed E-state index contributed by atoms with van der Waals surface area (Å²) in [6, 6.07) is 6.97. The van der Waals surface area contributed by atoms with Crippen LogP contribution in [0.4, 0.5) is 5.69 Å². The van der Waals surface area contributed by atoms with Crippen LogP contribution in [0.3, 0.4) is 0 Å². The highest BCUT2D eigenvalue weighted by atomic mass is 16.3. The number of rotatable bonds is 3. The lowest BCUT2D eigenvalue weighted by atomic mass is 9.87. The van der Waals surface area contributed by atoms with E-state index >= 15 is 0 Å². The van der Waals surface area contributed by atoms with Gasteiger partial charge in [0.15, 0.2) is 11.4 Å². The molecule has 0 aliphatic carbocycles. The van der Waals surface area contributed by atoms with Crippen LogP contribution in [0.2, 0.25) is 0 Å². The summed E-state index contributed by atoms with van der Waals surface area (Å²) in [5.74, 6) is -0.288. The predicted molar refractivity (Wildman–Crippen MR) is 80.9 cm³/mol. The average molecular weight is 299 g/mol. The first-order chi connectivity index (χ1) is 10.4. The van der Waals surface area contributed by atoms with Gasteiger partial charge in [0.25, 0.3) is 5.91 Å². The van der Waals surface area contributed by atoms with Gasteiger partial charge in [0.05, 0.1) is 23.9 Å². The quantitative estimate of drug-likeness (QED) is 0.883. The van der Waals surface area contributed by atoms with E-state index in [0.717, 1.165) is 0 Å². The average Bonchev–Trinajstić information content (AvgIpc) is 2.92. The molecule has 3 rings (SSSR count). The van der Waals surface area contributed by atoms with Crippen LogP contribution in [0, 0.1) is 13.8 Å². The van der Waals surface area contributed by atoms with Gasteiger partial charge in [-0.15, -0.1) is 0 Å². The molecule has 2 heterocycles. The molecule has 114 valence electrons. The van der Waals surface area contributed by atoms with Crippen molar-refractivity contribution < 1.29 is 19.1 Å². The minimum absolute atomic E-state index is 0.297. The zero-order valence-electron chi connectivity index (χ0n) is 12.7. The molecule has 0 spiro atoms. The van der Waals surface area contributed by atoms with E-state index in [1.807, 2.05) is 0 Å². The number of aryl methyl sites for hydroxylation is 2. The van der Waals surface area contributed by atoms with Crippen LogP contribution in [-0.4, -0.2) is 23.8 Å². The van der Waals surface area contributed by atoms with Crippen molar-refractivity contribution >= 4 is 17.4 Å². The van der Waals surface area contributed by atoms with Crippen molar-refractivity contribution in [2.45, 2.75) is 25.9 Å². The Balaban J connectivity index is 2.01. The summed E-state index contributed by atoms with van der Waals surface area (Å²) in [7, 11) is 1.60. The molecule has 2 aromatic rings. The lowest BCUT2D eigenvalue weighted by molar-refractivity contribution is -0.135. The Morgan fingerprint density at radius 2 is 2.00 bits per heavy atom. The van der Waals surface area contributed by atoms with Crippen molar-refractivity contribution in [1.82, 2.24) is 0 Å². The van der Waals surface area contributed by atoms with Crippen LogP contribution in [-0.2, 0) is 10.4 Å². The first-order valence-corrected chi connectivity index (χ1v) is 7.04. The summed E-state index contributed by atoms with van der Waals surface area (Å²) in [4.78, 5) is 26.4. The Labute approximate surface area is 128 Å². The fourth-order valence-electron chi connectivity index (χ4n) is 3.10. The molecule has 1 atom stereocenters. The van der Waals surface area contributed by atoms with E-state index in [4.69, 9.17) is 4.42 Å². The number of fused-ring (bicyclic) bond motifs is 1. The molecule has 1 aromatic heterocycles. The molecular weight excluding hydrogens is 282 g/mol. The summed E-state index contributed by atoms with van der Waals surface area (Å²) >= 11 is 0. The number of para-hydroxylation sites is 1. The van der Waals surface area contributed by atoms with E-state index in [9.17, 15) is 14.7 Å². The van der Waals surface area contributed by atoms with E-state index in [2.05, 4.69) is 0 Å². The lowest BCUT2D eigenvalue weighted by Crippen LogP contribution is -2.40. The Kier molecular flexibility index (Phi) is 3.18. The van der Waals surface area contributed by atoms with Gasteiger partial charge in [0.2, 0.25) is 0 Å². The molecule has 1 amide bonds. The highest BCUT2D eigenvalue weighted by molar-refractivity contribution is 6.10. The second kappa shape index (κ2) is 4.81. The summed E-state index contributed by atoms with van der Waals surface area (Å²) in [6.07, 6.45) is 1.21. The number of benzene rings is 1. The molecule has 0 fully saturated rings. The van der Waals surface area contributed by atoms with Crippen LogP contribution >= 0.6 is 0 Å². The van der Waals surface area contributed by atoms with Gasteiger partial charge < -0.3 is 14.4 Å². The number of ketones is 1. The molecule has 22 heavy (non-hydrogen) atoms. The maximum atomic E-state index is 12.6. The fourth-order valence-corrected chi connectivity index (χ4v) is 3.10. The van der Waals surface area contributed by atoms with Crippen LogP contribution in [0.5, 0.6) is 0 Å². The molecule has 1 aromatic carbocycles. The number of carbonyl (C=O) groups excluding carboxylic acids is 2. The number of aliphatic hydroxyl groups is 1. The Morgan fingerprint density at radius 1 is 1.32 bits per heavy atom. The van der Waals surface area contributed by atoms with Crippen molar-refractivity contribution in [3.63, 3.8) is 0 Å². The third-order valence-corrected chi connectivity index (χ3v) is 4.22. The maximum Gasteiger partial charge on any atom is 0.263 e. The van der Waals surface area contributed by atoms with Crippen molar-refractivity contribution in [3.8, 4) is 0 Å². The van der Waals surface area contributed by atoms with Crippen molar-refractivity contribution in [3.05, 3.63) is 53.0 Å². The topological polar surface area (TPSA) is 70.7 Å². The molecule has 1 N–H and O–H groups in total. The van der Waals surface area contributed by atoms with Gasteiger partial charge in [-0.05, 0) is 25.5 Å². The summed E-state index contributed by atoms with van der Waals surface area (Å²) in [5, 5.41) is 10.9. The third-order valence-electron chi connectivity index (χ3n) is 4.22. The van der Waals surface area contributed by atoms with Crippen molar-refractivity contribution in [1.29, 1.82) is 0 Å². The summed E-state index contributed by atoms with van der Waals surface area (Å²) < 4.78 is 5.23. The molecule has 1 aliphatic rings. The number of amides is 1. The zero-order valence-corrected chi connectivity index (χ0v) is 12.7. The van der Waals surface area contributed by atoms with Crippen LogP contribution in [0.1, 0.15) is 33.7 Å². The number of hydrogen-bond donors (Lipinski definition) is 1. The number of hydrogen-bond acceptors (Lipinski definition) is 4. The van der Waals surface area contributed by atoms with Crippen molar-refractivity contribution in [2.24, 2.45) is 0 Å². The minimum Gasteiger partial charge on any atom is -0.469 e. The van der Waals surface area contributed by atoms with Gasteiger partial charge in [-0.2, -0.15) is 0 Å². The van der Waals surface area contributed by atoms with E-state index < -0.39 is 11.5 Å². The standard InChI is InChI=1S/C17H17NO4/c1-10-9-22-11(2)15(10)14(19)8-17(21)12-6-4-5-7-13(12)18(3)16(17)20/h4-7,9,21H,8H2,1-3H3/t17-/m1/s1. The second-order valence-electron chi connectivity index (χ2n) is 5.69. The summed E-state index contributed by atoms with van der Waals surface area (Å²) in [5.41, 5.74) is 0.419. The van der Waals surface area contributed by atoms with Gasteiger partial charge in [-0.25, -0.2) is 0 Å². The molecule has 0 bridgehead atoms. The van der Waals surface area contributed by atoms with Gasteiger partial charge in [-0.1, -0.05) is 18.2 Å². The van der Waals surface area contributed by atoms with Crippen LogP contribution in [0.15, 0.2) is 34.9 Å². The second-order valence-corrected chi connectivity index (χ2v) is 5.69. The van der Waals surface area contributed by atoms with E-state index in [1.54, 1.807) is 45.2 Å². The number of nitrogens with zero attached hydrogens (tertiary/aromatic N) is 1. The monoisotopic (exact) mass is 299 g/mol. The highest BCUT2D eigenvalue weighted by Gasteiger charge is 2.49. The largest absolute Gasteiger partial charge is 0.469 e. The highest BCUT2D eigenvalue weighted by Crippen LogP contribution is 2.42. The Hall–Kier alpha value is -2.40. The van der Waals surface area contributed by atoms with E-state index in [0.29, 0.717) is 28.1 Å². The van der Waals surface area contributed by atoms with Gasteiger partial charge in [0, 0.05) is 12.6 Å². The molecule has 0 radical (unpaired) electrons. The molecule has 0 saturated heterocycles. The molecular formula is C17H17NO4. The third kappa shape index (κ3) is 1.89. The number of furan rings is 1. The summed E-state index contributed by atoms with van der Waals surface area (Å²) in [6.45, 7) is 3.46. The maximum absolute atomic E-state index is 12.6. The zero-order chi connectivity index (χ0) is 16.1. The SMILES string of the molecule is Cc1coc(C)c1C(=O)C[C@]1(O)C(=O)N(C)c2ccccc21. The molecule has 5 nitrogen and oxygen atoms in total. The molecule has 0 unspecified atom stereocenters. The van der Waals surface area contributed by atoms with E-state index in [-0.39, 0.29) is 12.2 Å². The van der Waals surface area contributed by atoms with Crippen molar-refractivity contribution in [2.75, 3.05) is 11.9 Å². The Bertz CT molecular complexity index is 757. The van der Waals surface area contributed by atoms with Crippen LogP contribution in [0.25, 0.3) is 0 Å². The first kappa shape index (κ1) is 14.5. The molecule has 0 saturated carbocycles. The normalized spacial score (nSPS) is 20.4.